The van der Waals surface area contributed by atoms with Gasteiger partial charge in [0.05, 0.1) is 23.1 Å². The van der Waals surface area contributed by atoms with E-state index in [0.29, 0.717) is 29.7 Å². The molecule has 3 aromatic heterocycles. The second-order valence-electron chi connectivity index (χ2n) is 16.0. The minimum atomic E-state index is 0.572. The molecule has 0 bridgehead atoms. The van der Waals surface area contributed by atoms with Crippen LogP contribution >= 0.6 is 0 Å². The third-order valence-electron chi connectivity index (χ3n) is 10.9. The molecule has 1 fully saturated rings. The van der Waals surface area contributed by atoms with Crippen molar-refractivity contribution in [2.24, 2.45) is 18.0 Å². The highest BCUT2D eigenvalue weighted by Crippen LogP contribution is 2.34. The Balaban J connectivity index is 0.000000125. The van der Waals surface area contributed by atoms with Crippen LogP contribution in [0.1, 0.15) is 182 Å². The first-order valence-corrected chi connectivity index (χ1v) is 19.5. The Kier molecular flexibility index (Phi) is 12.6. The number of fused-ring (bicyclic) bond motifs is 4. The van der Waals surface area contributed by atoms with E-state index in [1.807, 2.05) is 0 Å². The van der Waals surface area contributed by atoms with Crippen molar-refractivity contribution in [3.8, 4) is 0 Å². The quantitative estimate of drug-likeness (QED) is 0.293. The van der Waals surface area contributed by atoms with Crippen molar-refractivity contribution in [2.45, 2.75) is 175 Å². The van der Waals surface area contributed by atoms with Crippen LogP contribution in [0.3, 0.4) is 0 Å². The van der Waals surface area contributed by atoms with Gasteiger partial charge in [-0.2, -0.15) is 15.3 Å². The maximum Gasteiger partial charge on any atom is 0.0715 e. The smallest absolute Gasteiger partial charge is 0.0715 e. The van der Waals surface area contributed by atoms with Gasteiger partial charge in [0.1, 0.15) is 0 Å². The van der Waals surface area contributed by atoms with Crippen molar-refractivity contribution < 1.29 is 0 Å². The van der Waals surface area contributed by atoms with E-state index in [-0.39, 0.29) is 0 Å². The lowest BCUT2D eigenvalue weighted by atomic mass is 9.86. The molecule has 1 atom stereocenters. The first-order valence-electron chi connectivity index (χ1n) is 19.5. The van der Waals surface area contributed by atoms with E-state index in [2.05, 4.69) is 104 Å². The van der Waals surface area contributed by atoms with Crippen LogP contribution < -0.4 is 0 Å². The topological polar surface area (TPSA) is 87.5 Å². The van der Waals surface area contributed by atoms with E-state index in [0.717, 1.165) is 0 Å². The highest BCUT2D eigenvalue weighted by Gasteiger charge is 2.26. The summed E-state index contributed by atoms with van der Waals surface area (Å²) in [7, 11) is 2.08. The number of hydrogen-bond donors (Lipinski definition) is 2. The molecule has 0 radical (unpaired) electrons. The minimum Gasteiger partial charge on any atom is -0.285 e. The second kappa shape index (κ2) is 16.6. The van der Waals surface area contributed by atoms with Crippen molar-refractivity contribution in [1.29, 1.82) is 0 Å². The van der Waals surface area contributed by atoms with Gasteiger partial charge >= 0.3 is 0 Å². The van der Waals surface area contributed by atoms with Crippen molar-refractivity contribution in [2.75, 3.05) is 0 Å². The van der Waals surface area contributed by atoms with Crippen molar-refractivity contribution in [3.05, 3.63) is 62.0 Å². The number of aryl methyl sites for hydroxylation is 3. The first kappa shape index (κ1) is 36.3. The Morgan fingerprint density at radius 3 is 1.71 bits per heavy atom. The third kappa shape index (κ3) is 8.42. The Morgan fingerprint density at radius 1 is 0.583 bits per heavy atom. The lowest BCUT2D eigenvalue weighted by molar-refractivity contribution is 0.539. The zero-order chi connectivity index (χ0) is 34.4. The number of nitrogens with one attached hydrogen (secondary N) is 2. The van der Waals surface area contributed by atoms with Gasteiger partial charge in [0.2, 0.25) is 0 Å². The fourth-order valence-electron chi connectivity index (χ4n) is 8.34. The summed E-state index contributed by atoms with van der Waals surface area (Å²) in [6, 6.07) is 0.580. The summed E-state index contributed by atoms with van der Waals surface area (Å²) in [5.74, 6) is 2.40. The normalized spacial score (nSPS) is 19.3. The van der Waals surface area contributed by atoms with Gasteiger partial charge in [0.15, 0.2) is 0 Å². The summed E-state index contributed by atoms with van der Waals surface area (Å²) in [5, 5.41) is 19.6. The highest BCUT2D eigenvalue weighted by atomic mass is 15.3. The molecular formula is C41H65N7. The van der Waals surface area contributed by atoms with Crippen LogP contribution in [-0.2, 0) is 45.6 Å². The van der Waals surface area contributed by atoms with Crippen LogP contribution in [-0.4, -0.2) is 42.4 Å². The zero-order valence-electron chi connectivity index (χ0n) is 31.8. The van der Waals surface area contributed by atoms with Crippen LogP contribution in [0.15, 0.2) is 16.1 Å². The van der Waals surface area contributed by atoms with Crippen molar-refractivity contribution in [3.63, 3.8) is 0 Å². The summed E-state index contributed by atoms with van der Waals surface area (Å²) < 4.78 is 2.09. The van der Waals surface area contributed by atoms with Crippen LogP contribution in [0.2, 0.25) is 0 Å². The number of aromatic nitrogens is 6. The van der Waals surface area contributed by atoms with E-state index < -0.39 is 0 Å². The Morgan fingerprint density at radius 2 is 1.10 bits per heavy atom. The standard InChI is InChI=1S/C11H18N2.C11H17N.C10H16N2.C9H14N2/c1-8(2)11-9-6-4-5-7-10(9)13(3)12-11;1-8(2)10-7-12-11-6-4-3-5-9(10)11;1-7(2)10-8-5-3-4-6-9(8)11-12-10;1-6(2)9-7-4-3-5-8(7)10-11-9/h8H,4-7H2,1-3H3;7-8,11H,3-6H2,1-2H3;7H,3-6H2,1-2H3,(H,11,12);6H,3-5H2,1-2H3,(H,10,11). The summed E-state index contributed by atoms with van der Waals surface area (Å²) in [5.41, 5.74) is 15.9. The highest BCUT2D eigenvalue weighted by molar-refractivity contribution is 5.84. The number of nitrogens with zero attached hydrogens (tertiary/aromatic N) is 5. The number of hydrogen-bond acceptors (Lipinski definition) is 4. The Labute approximate surface area is 291 Å². The van der Waals surface area contributed by atoms with Gasteiger partial charge in [-0.25, -0.2) is 0 Å². The maximum absolute atomic E-state index is 4.61. The van der Waals surface area contributed by atoms with Crippen LogP contribution in [0, 0.1) is 5.92 Å². The molecule has 48 heavy (non-hydrogen) atoms. The number of allylic oxidation sites excluding steroid dienone is 1. The molecule has 7 nitrogen and oxygen atoms in total. The van der Waals surface area contributed by atoms with Gasteiger partial charge < -0.3 is 0 Å². The molecule has 8 rings (SSSR count). The fraction of sp³-hybridized carbons (Fsp3) is 0.707. The fourth-order valence-corrected chi connectivity index (χ4v) is 8.34. The lowest BCUT2D eigenvalue weighted by Crippen LogP contribution is -2.12. The molecule has 1 aliphatic heterocycles. The largest absolute Gasteiger partial charge is 0.285 e. The molecule has 3 aromatic rings. The van der Waals surface area contributed by atoms with Crippen LogP contribution in [0.4, 0.5) is 0 Å². The van der Waals surface area contributed by atoms with Gasteiger partial charge in [0, 0.05) is 30.3 Å². The molecule has 4 heterocycles. The van der Waals surface area contributed by atoms with E-state index >= 15 is 0 Å². The van der Waals surface area contributed by atoms with Gasteiger partial charge in [-0.05, 0) is 141 Å². The Hall–Kier alpha value is -2.96. The lowest BCUT2D eigenvalue weighted by Gasteiger charge is -2.20. The molecule has 1 unspecified atom stereocenters. The van der Waals surface area contributed by atoms with Gasteiger partial charge in [-0.15, -0.1) is 0 Å². The SMILES string of the molecule is CC(C)C1=C2CCCCC2N=C1.CC(C)c1n[nH]c2c1CCC2.CC(C)c1n[nH]c2c1CCCC2.CC(C)c1nn(C)c2c1CCCC2. The minimum absolute atomic E-state index is 0.572. The summed E-state index contributed by atoms with van der Waals surface area (Å²) >= 11 is 0. The monoisotopic (exact) mass is 656 g/mol. The van der Waals surface area contributed by atoms with Crippen molar-refractivity contribution >= 4 is 6.21 Å². The summed E-state index contributed by atoms with van der Waals surface area (Å²) in [4.78, 5) is 4.56. The van der Waals surface area contributed by atoms with Crippen molar-refractivity contribution in [1.82, 2.24) is 30.2 Å². The van der Waals surface area contributed by atoms with Crippen LogP contribution in [0.25, 0.3) is 0 Å². The van der Waals surface area contributed by atoms with Gasteiger partial charge in [0.25, 0.3) is 0 Å². The van der Waals surface area contributed by atoms with Gasteiger partial charge in [-0.3, -0.25) is 19.9 Å². The molecule has 0 spiro atoms. The molecule has 0 saturated heterocycles. The number of aromatic amines is 2. The van der Waals surface area contributed by atoms with E-state index in [1.54, 1.807) is 11.1 Å². The number of rotatable bonds is 4. The molecule has 1 saturated carbocycles. The molecule has 264 valence electrons. The predicted molar refractivity (Wildman–Crippen MR) is 201 cm³/mol. The van der Waals surface area contributed by atoms with E-state index in [9.17, 15) is 0 Å². The van der Waals surface area contributed by atoms with E-state index in [4.69, 9.17) is 0 Å². The summed E-state index contributed by atoms with van der Waals surface area (Å²) in [6.07, 6.45) is 21.5. The molecule has 2 N–H and O–H groups in total. The molecular weight excluding hydrogens is 591 g/mol. The summed E-state index contributed by atoms with van der Waals surface area (Å²) in [6.45, 7) is 17.8. The molecule has 5 aliphatic rings. The third-order valence-corrected chi connectivity index (χ3v) is 10.9. The Bertz CT molecular complexity index is 1540. The number of H-pyrrole nitrogens is 2. The maximum atomic E-state index is 4.61. The first-order chi connectivity index (χ1) is 23.1. The van der Waals surface area contributed by atoms with E-state index in [1.165, 1.54) is 147 Å². The van der Waals surface area contributed by atoms with Gasteiger partial charge in [-0.1, -0.05) is 61.8 Å². The zero-order valence-corrected chi connectivity index (χ0v) is 31.8. The molecule has 4 aliphatic carbocycles. The van der Waals surface area contributed by atoms with Crippen LogP contribution in [0.5, 0.6) is 0 Å². The molecule has 7 heteroatoms. The molecule has 0 amide bonds. The molecule has 0 aromatic carbocycles. The average molecular weight is 656 g/mol. The second-order valence-corrected chi connectivity index (χ2v) is 16.0. The number of aliphatic imine (C=N–C) groups is 1. The average Bonchev–Trinajstić information content (AvgIpc) is 3.90. The predicted octanol–water partition coefficient (Wildman–Crippen LogP) is 9.82.